The highest BCUT2D eigenvalue weighted by molar-refractivity contribution is 9.09. The number of hydrogen-bond acceptors (Lipinski definition) is 3. The molecule has 2 bridgehead atoms. The summed E-state index contributed by atoms with van der Waals surface area (Å²) in [5, 5.41) is 0.518. The van der Waals surface area contributed by atoms with Crippen LogP contribution in [0, 0.1) is 16.7 Å². The lowest BCUT2D eigenvalue weighted by Crippen LogP contribution is -2.44. The fraction of sp³-hybridized carbons (Fsp3) is 0.923. The Kier molecular flexibility index (Phi) is 2.89. The Balaban J connectivity index is 2.04. The summed E-state index contributed by atoms with van der Waals surface area (Å²) in [5.41, 5.74) is -0.160. The van der Waals surface area contributed by atoms with Gasteiger partial charge in [-0.05, 0) is 30.6 Å². The number of carbonyl (C=O) groups excluding carboxylic acids is 1. The van der Waals surface area contributed by atoms with Crippen molar-refractivity contribution in [1.29, 1.82) is 0 Å². The van der Waals surface area contributed by atoms with E-state index >= 15 is 0 Å². The van der Waals surface area contributed by atoms with Crippen LogP contribution in [-0.4, -0.2) is 35.8 Å². The van der Waals surface area contributed by atoms with Gasteiger partial charge in [0.2, 0.25) is 15.9 Å². The maximum atomic E-state index is 12.5. The summed E-state index contributed by atoms with van der Waals surface area (Å²) in [6.07, 6.45) is 3.18. The number of fused-ring (bicyclic) bond motifs is 1. The average Bonchev–Trinajstić information content (AvgIpc) is 2.75. The molecule has 0 unspecified atom stereocenters. The molecular weight excluding hydrogens is 330 g/mol. The van der Waals surface area contributed by atoms with E-state index in [4.69, 9.17) is 0 Å². The van der Waals surface area contributed by atoms with Crippen LogP contribution in [0.25, 0.3) is 0 Å². The molecular formula is C13H20BrNO3S. The first-order valence-electron chi connectivity index (χ1n) is 6.87. The van der Waals surface area contributed by atoms with Gasteiger partial charge in [0, 0.05) is 17.2 Å². The summed E-state index contributed by atoms with van der Waals surface area (Å²) < 4.78 is 26.1. The quantitative estimate of drug-likeness (QED) is 0.717. The summed E-state index contributed by atoms with van der Waals surface area (Å²) in [5.74, 6) is 0.497. The molecule has 1 saturated heterocycles. The minimum absolute atomic E-state index is 0.0359. The van der Waals surface area contributed by atoms with Gasteiger partial charge in [0.1, 0.15) is 0 Å². The Hall–Kier alpha value is -0.100. The molecule has 108 valence electrons. The molecule has 0 aromatic heterocycles. The van der Waals surface area contributed by atoms with Gasteiger partial charge in [-0.2, -0.15) is 0 Å². The second kappa shape index (κ2) is 3.97. The molecule has 1 heterocycles. The van der Waals surface area contributed by atoms with Crippen molar-refractivity contribution in [3.63, 3.8) is 0 Å². The molecule has 19 heavy (non-hydrogen) atoms. The molecule has 0 aromatic carbocycles. The topological polar surface area (TPSA) is 54.5 Å². The molecule has 3 fully saturated rings. The number of alkyl halides is 1. The molecule has 1 amide bonds. The molecule has 0 radical (unpaired) electrons. The van der Waals surface area contributed by atoms with Crippen molar-refractivity contribution in [3.05, 3.63) is 0 Å². The van der Waals surface area contributed by atoms with E-state index in [1.807, 2.05) is 0 Å². The molecule has 3 atom stereocenters. The maximum Gasteiger partial charge on any atom is 0.238 e. The monoisotopic (exact) mass is 349 g/mol. The SMILES string of the molecule is CC1(C)[C@@H]2CC[C@]13CS(=O)(=O)N(C(=O)CCBr)[C@@H]3C2. The van der Waals surface area contributed by atoms with Gasteiger partial charge in [-0.3, -0.25) is 4.79 Å². The van der Waals surface area contributed by atoms with Crippen LogP contribution in [-0.2, 0) is 14.8 Å². The first kappa shape index (κ1) is 13.9. The van der Waals surface area contributed by atoms with E-state index in [1.165, 1.54) is 4.31 Å². The summed E-state index contributed by atoms with van der Waals surface area (Å²) in [4.78, 5) is 12.2. The zero-order chi connectivity index (χ0) is 14.1. The standard InChI is InChI=1S/C13H20BrNO3S/c1-12(2)9-3-5-13(12)8-19(17,18)15(10(13)7-9)11(16)4-6-14/h9-10H,3-8H2,1-2H3/t9-,10-,13-/m1/s1. The molecule has 6 heteroatoms. The van der Waals surface area contributed by atoms with E-state index in [9.17, 15) is 13.2 Å². The summed E-state index contributed by atoms with van der Waals surface area (Å²) in [7, 11) is -3.42. The summed E-state index contributed by atoms with van der Waals surface area (Å²) in [6.45, 7) is 4.39. The minimum Gasteiger partial charge on any atom is -0.274 e. The highest BCUT2D eigenvalue weighted by Crippen LogP contribution is 2.69. The largest absolute Gasteiger partial charge is 0.274 e. The molecule has 4 nitrogen and oxygen atoms in total. The maximum absolute atomic E-state index is 12.5. The van der Waals surface area contributed by atoms with E-state index in [-0.39, 0.29) is 35.0 Å². The zero-order valence-electron chi connectivity index (χ0n) is 11.4. The number of carbonyl (C=O) groups is 1. The van der Waals surface area contributed by atoms with Gasteiger partial charge in [0.15, 0.2) is 0 Å². The van der Waals surface area contributed by atoms with E-state index in [0.717, 1.165) is 19.3 Å². The third kappa shape index (κ3) is 1.56. The Morgan fingerprint density at radius 2 is 2.11 bits per heavy atom. The van der Waals surface area contributed by atoms with Crippen LogP contribution in [0.15, 0.2) is 0 Å². The van der Waals surface area contributed by atoms with Gasteiger partial charge in [-0.15, -0.1) is 0 Å². The number of nitrogens with zero attached hydrogens (tertiary/aromatic N) is 1. The third-order valence-electron chi connectivity index (χ3n) is 5.97. The third-order valence-corrected chi connectivity index (χ3v) is 8.30. The number of rotatable bonds is 2. The van der Waals surface area contributed by atoms with Gasteiger partial charge < -0.3 is 0 Å². The molecule has 3 rings (SSSR count). The molecule has 2 saturated carbocycles. The van der Waals surface area contributed by atoms with Crippen LogP contribution < -0.4 is 0 Å². The van der Waals surface area contributed by atoms with Crippen molar-refractivity contribution in [3.8, 4) is 0 Å². The van der Waals surface area contributed by atoms with E-state index in [2.05, 4.69) is 29.8 Å². The van der Waals surface area contributed by atoms with Crippen LogP contribution >= 0.6 is 15.9 Å². The van der Waals surface area contributed by atoms with Crippen LogP contribution in [0.5, 0.6) is 0 Å². The molecule has 0 N–H and O–H groups in total. The number of halogens is 1. The first-order valence-corrected chi connectivity index (χ1v) is 9.60. The van der Waals surface area contributed by atoms with Gasteiger partial charge in [0.05, 0.1) is 11.8 Å². The Bertz CT molecular complexity index is 530. The van der Waals surface area contributed by atoms with Gasteiger partial charge in [0.25, 0.3) is 0 Å². The highest BCUT2D eigenvalue weighted by atomic mass is 79.9. The lowest BCUT2D eigenvalue weighted by atomic mass is 9.69. The smallest absolute Gasteiger partial charge is 0.238 e. The van der Waals surface area contributed by atoms with Crippen molar-refractivity contribution in [2.45, 2.75) is 45.6 Å². The van der Waals surface area contributed by atoms with Crippen molar-refractivity contribution in [2.75, 3.05) is 11.1 Å². The van der Waals surface area contributed by atoms with Crippen molar-refractivity contribution >= 4 is 31.9 Å². The van der Waals surface area contributed by atoms with E-state index < -0.39 is 10.0 Å². The number of amides is 1. The lowest BCUT2D eigenvalue weighted by molar-refractivity contribution is -0.128. The predicted molar refractivity (Wildman–Crippen MR) is 76.4 cm³/mol. The van der Waals surface area contributed by atoms with E-state index in [1.54, 1.807) is 0 Å². The summed E-state index contributed by atoms with van der Waals surface area (Å²) in [6, 6.07) is -0.0854. The van der Waals surface area contributed by atoms with Crippen molar-refractivity contribution in [2.24, 2.45) is 16.7 Å². The zero-order valence-corrected chi connectivity index (χ0v) is 13.8. The number of sulfonamides is 1. The van der Waals surface area contributed by atoms with Gasteiger partial charge in [-0.25, -0.2) is 12.7 Å². The second-order valence-electron chi connectivity index (χ2n) is 6.75. The molecule has 0 aromatic rings. The second-order valence-corrected chi connectivity index (χ2v) is 9.39. The Labute approximate surface area is 123 Å². The predicted octanol–water partition coefficient (Wildman–Crippen LogP) is 2.14. The molecule has 1 aliphatic heterocycles. The first-order chi connectivity index (χ1) is 8.76. The van der Waals surface area contributed by atoms with Gasteiger partial charge >= 0.3 is 0 Å². The van der Waals surface area contributed by atoms with Crippen LogP contribution in [0.4, 0.5) is 0 Å². The van der Waals surface area contributed by atoms with Gasteiger partial charge in [-0.1, -0.05) is 29.8 Å². The Morgan fingerprint density at radius 1 is 1.42 bits per heavy atom. The van der Waals surface area contributed by atoms with E-state index in [0.29, 0.717) is 11.2 Å². The molecule has 2 aliphatic carbocycles. The fourth-order valence-corrected chi connectivity index (χ4v) is 7.72. The molecule has 3 aliphatic rings. The normalized spacial score (nSPS) is 41.5. The average molecular weight is 350 g/mol. The Morgan fingerprint density at radius 3 is 2.68 bits per heavy atom. The summed E-state index contributed by atoms with van der Waals surface area (Å²) >= 11 is 3.23. The minimum atomic E-state index is -3.42. The van der Waals surface area contributed by atoms with Crippen LogP contribution in [0.1, 0.15) is 39.5 Å². The molecule has 1 spiro atoms. The fourth-order valence-electron chi connectivity index (χ4n) is 4.81. The highest BCUT2D eigenvalue weighted by Gasteiger charge is 2.72. The van der Waals surface area contributed by atoms with Crippen molar-refractivity contribution in [1.82, 2.24) is 4.31 Å². The van der Waals surface area contributed by atoms with Crippen LogP contribution in [0.2, 0.25) is 0 Å². The van der Waals surface area contributed by atoms with Crippen LogP contribution in [0.3, 0.4) is 0 Å². The lowest BCUT2D eigenvalue weighted by Gasteiger charge is -2.37. The van der Waals surface area contributed by atoms with Crippen molar-refractivity contribution < 1.29 is 13.2 Å². The number of hydrogen-bond donors (Lipinski definition) is 0.